The fourth-order valence-electron chi connectivity index (χ4n) is 2.13. The van der Waals surface area contributed by atoms with Crippen molar-refractivity contribution in [1.29, 1.82) is 0 Å². The third kappa shape index (κ3) is 2.15. The van der Waals surface area contributed by atoms with E-state index in [0.29, 0.717) is 0 Å². The topological polar surface area (TPSA) is 44.5 Å². The SMILES string of the molecule is CCc1cc(N)ccc1B1OC(C)(C)C(C)(C)O1. The van der Waals surface area contributed by atoms with Gasteiger partial charge in [0.15, 0.2) is 0 Å². The summed E-state index contributed by atoms with van der Waals surface area (Å²) in [5.74, 6) is 0. The maximum atomic E-state index is 6.07. The molecule has 1 aromatic rings. The van der Waals surface area contributed by atoms with Gasteiger partial charge in [0, 0.05) is 5.69 Å². The first-order valence-corrected chi connectivity index (χ1v) is 6.51. The molecule has 18 heavy (non-hydrogen) atoms. The maximum Gasteiger partial charge on any atom is 0.495 e. The van der Waals surface area contributed by atoms with Crippen molar-refractivity contribution < 1.29 is 9.31 Å². The maximum absolute atomic E-state index is 6.07. The minimum absolute atomic E-state index is 0.300. The Bertz CT molecular complexity index is 441. The molecule has 1 saturated heterocycles. The molecule has 0 aromatic heterocycles. The van der Waals surface area contributed by atoms with Crippen molar-refractivity contribution in [2.24, 2.45) is 0 Å². The van der Waals surface area contributed by atoms with E-state index in [9.17, 15) is 0 Å². The van der Waals surface area contributed by atoms with Gasteiger partial charge in [0.1, 0.15) is 0 Å². The van der Waals surface area contributed by atoms with Gasteiger partial charge in [-0.3, -0.25) is 0 Å². The average molecular weight is 247 g/mol. The monoisotopic (exact) mass is 247 g/mol. The first-order valence-electron chi connectivity index (χ1n) is 6.51. The molecule has 2 rings (SSSR count). The average Bonchev–Trinajstić information content (AvgIpc) is 2.47. The van der Waals surface area contributed by atoms with Crippen LogP contribution in [0, 0.1) is 0 Å². The second-order valence-electron chi connectivity index (χ2n) is 5.90. The fourth-order valence-corrected chi connectivity index (χ4v) is 2.13. The van der Waals surface area contributed by atoms with Crippen LogP contribution in [0.3, 0.4) is 0 Å². The molecule has 0 bridgehead atoms. The van der Waals surface area contributed by atoms with E-state index in [1.807, 2.05) is 18.2 Å². The lowest BCUT2D eigenvalue weighted by molar-refractivity contribution is 0.00578. The van der Waals surface area contributed by atoms with Crippen LogP contribution < -0.4 is 11.2 Å². The zero-order chi connectivity index (χ0) is 13.6. The number of hydrogen-bond donors (Lipinski definition) is 1. The molecule has 1 fully saturated rings. The predicted molar refractivity (Wildman–Crippen MR) is 75.9 cm³/mol. The number of nitrogens with two attached hydrogens (primary N) is 1. The second-order valence-corrected chi connectivity index (χ2v) is 5.90. The van der Waals surface area contributed by atoms with Crippen LogP contribution in [0.5, 0.6) is 0 Å². The molecule has 3 nitrogen and oxygen atoms in total. The van der Waals surface area contributed by atoms with E-state index in [2.05, 4.69) is 34.6 Å². The molecule has 1 aliphatic rings. The van der Waals surface area contributed by atoms with Gasteiger partial charge < -0.3 is 15.0 Å². The van der Waals surface area contributed by atoms with E-state index in [1.165, 1.54) is 5.56 Å². The lowest BCUT2D eigenvalue weighted by atomic mass is 9.75. The summed E-state index contributed by atoms with van der Waals surface area (Å²) in [5, 5.41) is 0. The Hall–Kier alpha value is -0.995. The van der Waals surface area contributed by atoms with Crippen LogP contribution in [-0.4, -0.2) is 18.3 Å². The summed E-state index contributed by atoms with van der Waals surface area (Å²) < 4.78 is 12.1. The zero-order valence-electron chi connectivity index (χ0n) is 11.9. The molecule has 2 N–H and O–H groups in total. The van der Waals surface area contributed by atoms with Gasteiger partial charge in [-0.1, -0.05) is 13.0 Å². The molecule has 98 valence electrons. The number of rotatable bonds is 2. The molecule has 0 spiro atoms. The van der Waals surface area contributed by atoms with Gasteiger partial charge in [0.05, 0.1) is 11.2 Å². The van der Waals surface area contributed by atoms with Crippen LogP contribution in [0.15, 0.2) is 18.2 Å². The van der Waals surface area contributed by atoms with Gasteiger partial charge in [-0.15, -0.1) is 0 Å². The Morgan fingerprint density at radius 2 is 1.67 bits per heavy atom. The molecule has 0 aliphatic carbocycles. The Kier molecular flexibility index (Phi) is 3.20. The lowest BCUT2D eigenvalue weighted by Gasteiger charge is -2.32. The Morgan fingerprint density at radius 1 is 1.11 bits per heavy atom. The molecule has 1 heterocycles. The quantitative estimate of drug-likeness (QED) is 0.643. The predicted octanol–water partition coefficient (Wildman–Crippen LogP) is 2.13. The largest absolute Gasteiger partial charge is 0.495 e. The molecule has 0 unspecified atom stereocenters. The fraction of sp³-hybridized carbons (Fsp3) is 0.571. The highest BCUT2D eigenvalue weighted by molar-refractivity contribution is 6.62. The smallest absolute Gasteiger partial charge is 0.399 e. The molecule has 1 aliphatic heterocycles. The van der Waals surface area contributed by atoms with Crippen molar-refractivity contribution in [3.63, 3.8) is 0 Å². The first kappa shape index (κ1) is 13.4. The normalized spacial score (nSPS) is 21.3. The Morgan fingerprint density at radius 3 is 2.17 bits per heavy atom. The number of aryl methyl sites for hydroxylation is 1. The minimum Gasteiger partial charge on any atom is -0.399 e. The molecule has 0 saturated carbocycles. The summed E-state index contributed by atoms with van der Waals surface area (Å²) in [7, 11) is -0.300. The van der Waals surface area contributed by atoms with E-state index in [0.717, 1.165) is 17.6 Å². The highest BCUT2D eigenvalue weighted by Gasteiger charge is 2.52. The third-order valence-electron chi connectivity index (χ3n) is 4.06. The minimum atomic E-state index is -0.302. The lowest BCUT2D eigenvalue weighted by Crippen LogP contribution is -2.41. The standard InChI is InChI=1S/C14H22BNO2/c1-6-10-9-11(16)7-8-12(10)15-17-13(2,3)14(4,5)18-15/h7-9H,6,16H2,1-5H3. The van der Waals surface area contributed by atoms with E-state index in [4.69, 9.17) is 15.0 Å². The zero-order valence-corrected chi connectivity index (χ0v) is 11.9. The summed E-state index contributed by atoms with van der Waals surface area (Å²) in [5.41, 5.74) is 8.28. The summed E-state index contributed by atoms with van der Waals surface area (Å²) in [6.45, 7) is 10.4. The van der Waals surface area contributed by atoms with Crippen molar-refractivity contribution in [3.8, 4) is 0 Å². The van der Waals surface area contributed by atoms with Gasteiger partial charge in [0.2, 0.25) is 0 Å². The molecule has 4 heteroatoms. The highest BCUT2D eigenvalue weighted by atomic mass is 16.7. The molecule has 0 amide bonds. The van der Waals surface area contributed by atoms with Gasteiger partial charge in [-0.05, 0) is 57.3 Å². The van der Waals surface area contributed by atoms with Crippen LogP contribution in [-0.2, 0) is 15.7 Å². The molecule has 1 aromatic carbocycles. The van der Waals surface area contributed by atoms with Gasteiger partial charge in [-0.2, -0.15) is 0 Å². The van der Waals surface area contributed by atoms with Crippen molar-refractivity contribution in [2.45, 2.75) is 52.2 Å². The molecular formula is C14H22BNO2. The van der Waals surface area contributed by atoms with Crippen molar-refractivity contribution in [2.75, 3.05) is 5.73 Å². The summed E-state index contributed by atoms with van der Waals surface area (Å²) in [6.07, 6.45) is 0.921. The van der Waals surface area contributed by atoms with Crippen LogP contribution in [0.25, 0.3) is 0 Å². The Balaban J connectivity index is 2.35. The number of hydrogen-bond acceptors (Lipinski definition) is 3. The Labute approximate surface area is 110 Å². The molecule has 0 atom stereocenters. The van der Waals surface area contributed by atoms with Gasteiger partial charge in [0.25, 0.3) is 0 Å². The van der Waals surface area contributed by atoms with Crippen molar-refractivity contribution in [3.05, 3.63) is 23.8 Å². The number of nitrogen functional groups attached to an aromatic ring is 1. The third-order valence-corrected chi connectivity index (χ3v) is 4.06. The summed E-state index contributed by atoms with van der Waals surface area (Å²) in [6, 6.07) is 5.91. The summed E-state index contributed by atoms with van der Waals surface area (Å²) in [4.78, 5) is 0. The van der Waals surface area contributed by atoms with E-state index in [-0.39, 0.29) is 18.3 Å². The van der Waals surface area contributed by atoms with Gasteiger partial charge in [-0.25, -0.2) is 0 Å². The number of anilines is 1. The molecule has 0 radical (unpaired) electrons. The van der Waals surface area contributed by atoms with Crippen LogP contribution in [0.1, 0.15) is 40.2 Å². The highest BCUT2D eigenvalue weighted by Crippen LogP contribution is 2.36. The van der Waals surface area contributed by atoms with E-state index >= 15 is 0 Å². The summed E-state index contributed by atoms with van der Waals surface area (Å²) >= 11 is 0. The van der Waals surface area contributed by atoms with E-state index < -0.39 is 0 Å². The molecular weight excluding hydrogens is 225 g/mol. The second kappa shape index (κ2) is 4.28. The van der Waals surface area contributed by atoms with Gasteiger partial charge >= 0.3 is 7.12 Å². The first-order chi connectivity index (χ1) is 8.27. The van der Waals surface area contributed by atoms with Crippen molar-refractivity contribution in [1.82, 2.24) is 0 Å². The van der Waals surface area contributed by atoms with Crippen LogP contribution in [0.2, 0.25) is 0 Å². The van der Waals surface area contributed by atoms with Crippen LogP contribution in [0.4, 0.5) is 5.69 Å². The van der Waals surface area contributed by atoms with Crippen LogP contribution >= 0.6 is 0 Å². The van der Waals surface area contributed by atoms with E-state index in [1.54, 1.807) is 0 Å². The van der Waals surface area contributed by atoms with Crippen molar-refractivity contribution >= 4 is 18.3 Å². The number of benzene rings is 1.